The van der Waals surface area contributed by atoms with Crippen molar-refractivity contribution in [1.29, 1.82) is 0 Å². The molecule has 0 saturated carbocycles. The van der Waals surface area contributed by atoms with Crippen LogP contribution in [0.2, 0.25) is 5.02 Å². The van der Waals surface area contributed by atoms with Gasteiger partial charge >= 0.3 is 6.18 Å². The summed E-state index contributed by atoms with van der Waals surface area (Å²) in [5.41, 5.74) is -0.222. The summed E-state index contributed by atoms with van der Waals surface area (Å²) < 4.78 is 73.3. The molecule has 1 N–H and O–H groups in total. The van der Waals surface area contributed by atoms with E-state index in [0.29, 0.717) is 19.5 Å². The van der Waals surface area contributed by atoms with E-state index in [4.69, 9.17) is 16.3 Å². The molecule has 2 aromatic rings. The number of hydrogen-bond acceptors (Lipinski definition) is 4. The smallest absolute Gasteiger partial charge is 0.419 e. The molecule has 1 fully saturated rings. The predicted octanol–water partition coefficient (Wildman–Crippen LogP) is 4.55. The maximum Gasteiger partial charge on any atom is 0.419 e. The Kier molecular flexibility index (Phi) is 6.03. The third-order valence-electron chi connectivity index (χ3n) is 4.56. The molecule has 0 aliphatic carbocycles. The molecule has 1 heterocycles. The first-order chi connectivity index (χ1) is 13.5. The van der Waals surface area contributed by atoms with Crippen molar-refractivity contribution < 1.29 is 26.3 Å². The molecule has 1 aliphatic rings. The number of sulfonamides is 1. The van der Waals surface area contributed by atoms with Crippen molar-refractivity contribution in [2.45, 2.75) is 30.5 Å². The van der Waals surface area contributed by atoms with Gasteiger partial charge in [-0.2, -0.15) is 13.2 Å². The van der Waals surface area contributed by atoms with E-state index in [-0.39, 0.29) is 15.6 Å². The molecule has 0 amide bonds. The number of alkyl halides is 3. The molecule has 0 radical (unpaired) electrons. The molecule has 3 rings (SSSR count). The van der Waals surface area contributed by atoms with Crippen LogP contribution in [-0.4, -0.2) is 39.6 Å². The van der Waals surface area contributed by atoms with Crippen molar-refractivity contribution in [2.75, 3.05) is 24.9 Å². The van der Waals surface area contributed by atoms with Gasteiger partial charge in [-0.05, 0) is 50.2 Å². The van der Waals surface area contributed by atoms with E-state index >= 15 is 0 Å². The monoisotopic (exact) mass is 448 g/mol. The lowest BCUT2D eigenvalue weighted by Crippen LogP contribution is -2.23. The predicted molar refractivity (Wildman–Crippen MR) is 105 cm³/mol. The Morgan fingerprint density at radius 3 is 2.52 bits per heavy atom. The van der Waals surface area contributed by atoms with E-state index < -0.39 is 33.6 Å². The zero-order valence-electron chi connectivity index (χ0n) is 15.8. The standard InChI is InChI=1S/C19H20ClF3N2O3S/c1-12-3-6-18(16(20)9-12)29(26,27)24-13-4-5-15(19(21,22)23)17(10-13)28-14-7-8-25(2)11-14/h3-6,9-10,14,24H,7-8,11H2,1-2H3/t14-/m1/s1. The first kappa shape index (κ1) is 21.7. The second kappa shape index (κ2) is 8.04. The molecular formula is C19H20ClF3N2O3S. The molecule has 2 aromatic carbocycles. The van der Waals surface area contributed by atoms with Crippen molar-refractivity contribution >= 4 is 27.3 Å². The molecule has 1 saturated heterocycles. The summed E-state index contributed by atoms with van der Waals surface area (Å²) in [6.07, 6.45) is -4.44. The van der Waals surface area contributed by atoms with E-state index in [1.54, 1.807) is 13.0 Å². The first-order valence-electron chi connectivity index (χ1n) is 8.81. The molecule has 0 aromatic heterocycles. The van der Waals surface area contributed by atoms with Crippen LogP contribution in [0, 0.1) is 6.92 Å². The number of aryl methyl sites for hydroxylation is 1. The summed E-state index contributed by atoms with van der Waals surface area (Å²) in [7, 11) is -2.24. The van der Waals surface area contributed by atoms with E-state index in [1.807, 2.05) is 11.9 Å². The molecule has 158 valence electrons. The third kappa shape index (κ3) is 5.15. The molecule has 0 spiro atoms. The number of benzene rings is 2. The number of hydrogen-bond donors (Lipinski definition) is 1. The lowest BCUT2D eigenvalue weighted by molar-refractivity contribution is -0.139. The number of ether oxygens (including phenoxy) is 1. The van der Waals surface area contributed by atoms with Crippen LogP contribution in [0.3, 0.4) is 0 Å². The van der Waals surface area contributed by atoms with Crippen LogP contribution in [0.1, 0.15) is 17.5 Å². The van der Waals surface area contributed by atoms with Crippen LogP contribution in [0.5, 0.6) is 5.75 Å². The first-order valence-corrected chi connectivity index (χ1v) is 10.7. The Balaban J connectivity index is 1.92. The van der Waals surface area contributed by atoms with Crippen LogP contribution in [0.25, 0.3) is 0 Å². The summed E-state index contributed by atoms with van der Waals surface area (Å²) in [5, 5.41) is 0.0230. The maximum atomic E-state index is 13.4. The average molecular weight is 449 g/mol. The van der Waals surface area contributed by atoms with Crippen LogP contribution in [0.15, 0.2) is 41.3 Å². The summed E-state index contributed by atoms with van der Waals surface area (Å²) in [4.78, 5) is 1.79. The van der Waals surface area contributed by atoms with Gasteiger partial charge in [0.15, 0.2) is 0 Å². The number of anilines is 1. The van der Waals surface area contributed by atoms with Gasteiger partial charge in [0.2, 0.25) is 0 Å². The Labute approximate surface area is 172 Å². The SMILES string of the molecule is Cc1ccc(S(=O)(=O)Nc2ccc(C(F)(F)F)c(O[C@@H]3CCN(C)C3)c2)c(Cl)c1. The molecule has 0 bridgehead atoms. The zero-order chi connectivity index (χ0) is 21.4. The molecule has 1 aliphatic heterocycles. The number of likely N-dealkylation sites (tertiary alicyclic amines) is 1. The number of nitrogens with zero attached hydrogens (tertiary/aromatic N) is 1. The summed E-state index contributed by atoms with van der Waals surface area (Å²) in [5.74, 6) is -0.409. The van der Waals surface area contributed by atoms with Crippen molar-refractivity contribution in [1.82, 2.24) is 4.90 Å². The average Bonchev–Trinajstić information content (AvgIpc) is 2.98. The molecule has 5 nitrogen and oxygen atoms in total. The van der Waals surface area contributed by atoms with Gasteiger partial charge in [-0.25, -0.2) is 8.42 Å². The molecule has 10 heteroatoms. The van der Waals surface area contributed by atoms with Crippen molar-refractivity contribution in [2.24, 2.45) is 0 Å². The minimum Gasteiger partial charge on any atom is -0.488 e. The fourth-order valence-electron chi connectivity index (χ4n) is 3.12. The Bertz CT molecular complexity index is 1010. The minimum absolute atomic E-state index is 0.0230. The van der Waals surface area contributed by atoms with Crippen LogP contribution in [0.4, 0.5) is 18.9 Å². The van der Waals surface area contributed by atoms with Crippen molar-refractivity contribution in [3.8, 4) is 5.75 Å². The van der Waals surface area contributed by atoms with Gasteiger partial charge in [-0.3, -0.25) is 4.72 Å². The van der Waals surface area contributed by atoms with Crippen LogP contribution in [-0.2, 0) is 16.2 Å². The summed E-state index contributed by atoms with van der Waals surface area (Å²) in [6, 6.07) is 7.33. The zero-order valence-corrected chi connectivity index (χ0v) is 17.3. The number of likely N-dealkylation sites (N-methyl/N-ethyl adjacent to an activating group) is 1. The second-order valence-corrected chi connectivity index (χ2v) is 9.10. The lowest BCUT2D eigenvalue weighted by Gasteiger charge is -2.19. The molecule has 1 atom stereocenters. The van der Waals surface area contributed by atoms with E-state index in [9.17, 15) is 21.6 Å². The van der Waals surface area contributed by atoms with E-state index in [1.165, 1.54) is 12.1 Å². The summed E-state index contributed by atoms with van der Waals surface area (Å²) >= 11 is 6.03. The Hall–Kier alpha value is -1.97. The van der Waals surface area contributed by atoms with Gasteiger partial charge in [0.1, 0.15) is 16.7 Å². The highest BCUT2D eigenvalue weighted by Crippen LogP contribution is 2.39. The Morgan fingerprint density at radius 2 is 1.93 bits per heavy atom. The van der Waals surface area contributed by atoms with Crippen molar-refractivity contribution in [3.05, 3.63) is 52.5 Å². The topological polar surface area (TPSA) is 58.6 Å². The quantitative estimate of drug-likeness (QED) is 0.729. The highest BCUT2D eigenvalue weighted by molar-refractivity contribution is 7.92. The van der Waals surface area contributed by atoms with Gasteiger partial charge < -0.3 is 9.64 Å². The highest BCUT2D eigenvalue weighted by Gasteiger charge is 2.36. The third-order valence-corrected chi connectivity index (χ3v) is 6.42. The van der Waals surface area contributed by atoms with E-state index in [0.717, 1.165) is 23.8 Å². The lowest BCUT2D eigenvalue weighted by atomic mass is 10.1. The van der Waals surface area contributed by atoms with Gasteiger partial charge in [-0.1, -0.05) is 17.7 Å². The number of halogens is 4. The molecular weight excluding hydrogens is 429 g/mol. The fraction of sp³-hybridized carbons (Fsp3) is 0.368. The molecule has 0 unspecified atom stereocenters. The van der Waals surface area contributed by atoms with Gasteiger partial charge in [-0.15, -0.1) is 0 Å². The minimum atomic E-state index is -4.63. The maximum absolute atomic E-state index is 13.4. The van der Waals surface area contributed by atoms with E-state index in [2.05, 4.69) is 4.72 Å². The Morgan fingerprint density at radius 1 is 1.21 bits per heavy atom. The van der Waals surface area contributed by atoms with Gasteiger partial charge in [0.05, 0.1) is 16.3 Å². The summed E-state index contributed by atoms with van der Waals surface area (Å²) in [6.45, 7) is 2.96. The number of rotatable bonds is 5. The van der Waals surface area contributed by atoms with Gasteiger partial charge in [0.25, 0.3) is 10.0 Å². The van der Waals surface area contributed by atoms with Crippen LogP contribution >= 0.6 is 11.6 Å². The number of nitrogens with one attached hydrogen (secondary N) is 1. The highest BCUT2D eigenvalue weighted by atomic mass is 35.5. The van der Waals surface area contributed by atoms with Gasteiger partial charge in [0, 0.05) is 19.2 Å². The normalized spacial score (nSPS) is 18.1. The largest absolute Gasteiger partial charge is 0.488 e. The second-order valence-electron chi connectivity index (χ2n) is 7.04. The van der Waals surface area contributed by atoms with Crippen LogP contribution < -0.4 is 9.46 Å². The van der Waals surface area contributed by atoms with Crippen molar-refractivity contribution in [3.63, 3.8) is 0 Å². The molecule has 29 heavy (non-hydrogen) atoms. The fourth-order valence-corrected chi connectivity index (χ4v) is 4.77.